The molecule has 1 N–H and O–H groups in total. The molecule has 1 heterocycles. The maximum atomic E-state index is 12.6. The number of hydrogen-bond donors (Lipinski definition) is 1. The molecular formula is C17H15NOS. The van der Waals surface area contributed by atoms with Gasteiger partial charge in [-0.1, -0.05) is 54.2 Å². The van der Waals surface area contributed by atoms with Crippen LogP contribution in [0.2, 0.25) is 0 Å². The molecule has 0 fully saturated rings. The molecule has 0 saturated heterocycles. The molecule has 0 amide bonds. The summed E-state index contributed by atoms with van der Waals surface area (Å²) in [6, 6.07) is 17.8. The van der Waals surface area contributed by atoms with Crippen LogP contribution in [0.3, 0.4) is 0 Å². The Hall–Kier alpha value is -2.00. The highest BCUT2D eigenvalue weighted by Crippen LogP contribution is 2.42. The van der Waals surface area contributed by atoms with E-state index in [0.717, 1.165) is 33.2 Å². The first-order valence-electron chi connectivity index (χ1n) is 6.66. The number of allylic oxidation sites excluding steroid dienone is 1. The molecule has 1 aliphatic rings. The Labute approximate surface area is 122 Å². The first-order chi connectivity index (χ1) is 9.81. The Morgan fingerprint density at radius 3 is 2.45 bits per heavy atom. The number of Topliss-reactive ketones (excluding diaryl/α,β-unsaturated/α-hetero) is 1. The van der Waals surface area contributed by atoms with Crippen LogP contribution in [0.5, 0.6) is 0 Å². The Kier molecular flexibility index (Phi) is 3.61. The molecule has 0 aromatic heterocycles. The Balaban J connectivity index is 2.10. The number of thioether (sulfide) groups is 1. The zero-order valence-corrected chi connectivity index (χ0v) is 12.0. The van der Waals surface area contributed by atoms with Gasteiger partial charge in [0.25, 0.3) is 0 Å². The SMILES string of the molecule is CCNC(=C1Sc2ccccc2C1=O)c1ccccc1. The van der Waals surface area contributed by atoms with E-state index < -0.39 is 0 Å². The quantitative estimate of drug-likeness (QED) is 0.864. The van der Waals surface area contributed by atoms with Gasteiger partial charge in [-0.3, -0.25) is 4.79 Å². The van der Waals surface area contributed by atoms with E-state index in [1.807, 2.05) is 61.5 Å². The van der Waals surface area contributed by atoms with Crippen molar-refractivity contribution in [1.82, 2.24) is 5.32 Å². The molecule has 0 radical (unpaired) electrons. The highest BCUT2D eigenvalue weighted by Gasteiger charge is 2.28. The van der Waals surface area contributed by atoms with E-state index in [4.69, 9.17) is 0 Å². The number of ketones is 1. The second-order valence-corrected chi connectivity index (χ2v) is 5.58. The Morgan fingerprint density at radius 2 is 1.75 bits per heavy atom. The number of benzene rings is 2. The van der Waals surface area contributed by atoms with Crippen molar-refractivity contribution < 1.29 is 4.79 Å². The number of nitrogens with one attached hydrogen (secondary N) is 1. The smallest absolute Gasteiger partial charge is 0.202 e. The summed E-state index contributed by atoms with van der Waals surface area (Å²) >= 11 is 1.55. The summed E-state index contributed by atoms with van der Waals surface area (Å²) in [5.41, 5.74) is 2.79. The minimum Gasteiger partial charge on any atom is -0.384 e. The van der Waals surface area contributed by atoms with Crippen molar-refractivity contribution in [2.75, 3.05) is 6.54 Å². The molecule has 0 aliphatic carbocycles. The van der Waals surface area contributed by atoms with Gasteiger partial charge in [-0.2, -0.15) is 0 Å². The third kappa shape index (κ3) is 2.25. The molecule has 2 aromatic carbocycles. The van der Waals surface area contributed by atoms with E-state index in [1.54, 1.807) is 11.8 Å². The van der Waals surface area contributed by atoms with E-state index in [1.165, 1.54) is 0 Å². The summed E-state index contributed by atoms with van der Waals surface area (Å²) in [5.74, 6) is 0.116. The average molecular weight is 281 g/mol. The van der Waals surface area contributed by atoms with Crippen molar-refractivity contribution in [3.05, 3.63) is 70.6 Å². The maximum Gasteiger partial charge on any atom is 0.202 e. The van der Waals surface area contributed by atoms with Gasteiger partial charge in [-0.15, -0.1) is 0 Å². The van der Waals surface area contributed by atoms with Gasteiger partial charge in [0.05, 0.1) is 10.6 Å². The van der Waals surface area contributed by atoms with Gasteiger partial charge in [-0.25, -0.2) is 0 Å². The van der Waals surface area contributed by atoms with Crippen LogP contribution in [0.4, 0.5) is 0 Å². The fourth-order valence-corrected chi connectivity index (χ4v) is 3.41. The number of fused-ring (bicyclic) bond motifs is 1. The van der Waals surface area contributed by atoms with Gasteiger partial charge in [0.2, 0.25) is 5.78 Å². The minimum atomic E-state index is 0.116. The molecule has 0 atom stereocenters. The lowest BCUT2D eigenvalue weighted by Crippen LogP contribution is -2.14. The summed E-state index contributed by atoms with van der Waals surface area (Å²) < 4.78 is 0. The van der Waals surface area contributed by atoms with Gasteiger partial charge < -0.3 is 5.32 Å². The summed E-state index contributed by atoms with van der Waals surface area (Å²) in [5, 5.41) is 3.34. The molecule has 1 aliphatic heterocycles. The van der Waals surface area contributed by atoms with Crippen LogP contribution >= 0.6 is 11.8 Å². The van der Waals surface area contributed by atoms with Crippen molar-refractivity contribution >= 4 is 23.2 Å². The molecule has 0 bridgehead atoms. The van der Waals surface area contributed by atoms with E-state index >= 15 is 0 Å². The highest BCUT2D eigenvalue weighted by molar-refractivity contribution is 8.05. The molecule has 0 saturated carbocycles. The lowest BCUT2D eigenvalue weighted by Gasteiger charge is -2.12. The first-order valence-corrected chi connectivity index (χ1v) is 7.48. The third-order valence-corrected chi connectivity index (χ3v) is 4.36. The average Bonchev–Trinajstić information content (AvgIpc) is 2.83. The van der Waals surface area contributed by atoms with Crippen LogP contribution in [0.1, 0.15) is 22.8 Å². The van der Waals surface area contributed by atoms with Gasteiger partial charge in [0.15, 0.2) is 0 Å². The molecule has 0 spiro atoms. The van der Waals surface area contributed by atoms with Gasteiger partial charge in [-0.05, 0) is 24.6 Å². The standard InChI is InChI=1S/C17H15NOS/c1-2-18-15(12-8-4-3-5-9-12)17-16(19)13-10-6-7-11-14(13)20-17/h3-11,18H,2H2,1H3. The van der Waals surface area contributed by atoms with E-state index in [-0.39, 0.29) is 5.78 Å². The predicted octanol–water partition coefficient (Wildman–Crippen LogP) is 3.95. The normalized spacial score (nSPS) is 15.9. The molecule has 2 nitrogen and oxygen atoms in total. The monoisotopic (exact) mass is 281 g/mol. The largest absolute Gasteiger partial charge is 0.384 e. The van der Waals surface area contributed by atoms with Crippen molar-refractivity contribution in [2.45, 2.75) is 11.8 Å². The van der Waals surface area contributed by atoms with Crippen LogP contribution in [-0.2, 0) is 0 Å². The molecule has 0 unspecified atom stereocenters. The van der Waals surface area contributed by atoms with Gasteiger partial charge in [0, 0.05) is 17.0 Å². The second kappa shape index (κ2) is 5.55. The maximum absolute atomic E-state index is 12.6. The number of carbonyl (C=O) groups excluding carboxylic acids is 1. The lowest BCUT2D eigenvalue weighted by atomic mass is 10.1. The summed E-state index contributed by atoms with van der Waals surface area (Å²) in [7, 11) is 0. The lowest BCUT2D eigenvalue weighted by molar-refractivity contribution is 0.104. The molecular weight excluding hydrogens is 266 g/mol. The van der Waals surface area contributed by atoms with Crippen LogP contribution in [0.25, 0.3) is 5.70 Å². The number of carbonyl (C=O) groups is 1. The molecule has 2 aromatic rings. The minimum absolute atomic E-state index is 0.116. The first kappa shape index (κ1) is 13.0. The van der Waals surface area contributed by atoms with Crippen LogP contribution in [0.15, 0.2) is 64.4 Å². The van der Waals surface area contributed by atoms with Crippen LogP contribution in [-0.4, -0.2) is 12.3 Å². The van der Waals surface area contributed by atoms with Crippen LogP contribution < -0.4 is 5.32 Å². The second-order valence-electron chi connectivity index (χ2n) is 4.53. The number of rotatable bonds is 3. The zero-order valence-electron chi connectivity index (χ0n) is 11.2. The van der Waals surface area contributed by atoms with Gasteiger partial charge in [0.1, 0.15) is 0 Å². The fraction of sp³-hybridized carbons (Fsp3) is 0.118. The summed E-state index contributed by atoms with van der Waals surface area (Å²) in [6.45, 7) is 2.83. The predicted molar refractivity (Wildman–Crippen MR) is 83.7 cm³/mol. The van der Waals surface area contributed by atoms with E-state index in [0.29, 0.717) is 0 Å². The van der Waals surface area contributed by atoms with Crippen molar-refractivity contribution in [2.24, 2.45) is 0 Å². The molecule has 3 rings (SSSR count). The molecule has 100 valence electrons. The topological polar surface area (TPSA) is 29.1 Å². The Bertz CT molecular complexity index is 676. The van der Waals surface area contributed by atoms with E-state index in [9.17, 15) is 4.79 Å². The van der Waals surface area contributed by atoms with Crippen molar-refractivity contribution in [3.8, 4) is 0 Å². The Morgan fingerprint density at radius 1 is 1.05 bits per heavy atom. The van der Waals surface area contributed by atoms with Crippen LogP contribution in [0, 0.1) is 0 Å². The zero-order chi connectivity index (χ0) is 13.9. The number of hydrogen-bond acceptors (Lipinski definition) is 3. The van der Waals surface area contributed by atoms with E-state index in [2.05, 4.69) is 5.32 Å². The summed E-state index contributed by atoms with van der Waals surface area (Å²) in [4.78, 5) is 14.4. The van der Waals surface area contributed by atoms with Crippen molar-refractivity contribution in [3.63, 3.8) is 0 Å². The third-order valence-electron chi connectivity index (χ3n) is 3.19. The highest BCUT2D eigenvalue weighted by atomic mass is 32.2. The fourth-order valence-electron chi connectivity index (χ4n) is 2.28. The molecule has 20 heavy (non-hydrogen) atoms. The summed E-state index contributed by atoms with van der Waals surface area (Å²) in [6.07, 6.45) is 0. The molecule has 3 heteroatoms. The van der Waals surface area contributed by atoms with Crippen molar-refractivity contribution in [1.29, 1.82) is 0 Å². The van der Waals surface area contributed by atoms with Gasteiger partial charge >= 0.3 is 0 Å².